The molecule has 0 aliphatic heterocycles. The predicted octanol–water partition coefficient (Wildman–Crippen LogP) is 1.25. The van der Waals surface area contributed by atoms with Crippen molar-refractivity contribution in [1.29, 1.82) is 0 Å². The van der Waals surface area contributed by atoms with Crippen molar-refractivity contribution in [2.24, 2.45) is 0 Å². The van der Waals surface area contributed by atoms with Gasteiger partial charge in [0.2, 0.25) is 5.91 Å². The van der Waals surface area contributed by atoms with E-state index in [-0.39, 0.29) is 29.8 Å². The van der Waals surface area contributed by atoms with Crippen LogP contribution in [0.3, 0.4) is 0 Å². The third-order valence-corrected chi connectivity index (χ3v) is 2.73. The summed E-state index contributed by atoms with van der Waals surface area (Å²) in [7, 11) is 0. The Bertz CT molecular complexity index is 461. The summed E-state index contributed by atoms with van der Waals surface area (Å²) >= 11 is 2.04. The minimum absolute atomic E-state index is 0.0282. The fourth-order valence-corrected chi connectivity index (χ4v) is 1.81. The van der Waals surface area contributed by atoms with Crippen LogP contribution in [0.5, 0.6) is 5.75 Å². The van der Waals surface area contributed by atoms with Crippen LogP contribution in [0.1, 0.15) is 24.2 Å². The van der Waals surface area contributed by atoms with Gasteiger partial charge in [-0.3, -0.25) is 9.59 Å². The van der Waals surface area contributed by atoms with Crippen LogP contribution in [0.15, 0.2) is 18.2 Å². The molecule has 0 saturated carbocycles. The van der Waals surface area contributed by atoms with Crippen molar-refractivity contribution in [3.05, 3.63) is 27.3 Å². The van der Waals surface area contributed by atoms with Crippen LogP contribution in [0.4, 0.5) is 0 Å². The average Bonchev–Trinajstić information content (AvgIpc) is 2.28. The first kappa shape index (κ1) is 14.7. The van der Waals surface area contributed by atoms with Crippen LogP contribution >= 0.6 is 22.6 Å². The Balaban J connectivity index is 2.60. The van der Waals surface area contributed by atoms with Crippen molar-refractivity contribution in [3.8, 4) is 5.75 Å². The fourth-order valence-electron chi connectivity index (χ4n) is 1.32. The van der Waals surface area contributed by atoms with Gasteiger partial charge in [-0.2, -0.15) is 0 Å². The molecule has 0 saturated heterocycles. The van der Waals surface area contributed by atoms with E-state index in [9.17, 15) is 14.7 Å². The zero-order valence-corrected chi connectivity index (χ0v) is 12.3. The molecule has 1 aromatic carbocycles. The van der Waals surface area contributed by atoms with Crippen molar-refractivity contribution >= 4 is 34.4 Å². The Morgan fingerprint density at radius 1 is 1.39 bits per heavy atom. The highest BCUT2D eigenvalue weighted by Crippen LogP contribution is 2.19. The molecule has 98 valence electrons. The molecule has 1 aromatic rings. The molecule has 3 N–H and O–H groups in total. The summed E-state index contributed by atoms with van der Waals surface area (Å²) in [6.07, 6.45) is 0. The number of hydrogen-bond acceptors (Lipinski definition) is 3. The number of aromatic hydroxyl groups is 1. The summed E-state index contributed by atoms with van der Waals surface area (Å²) in [5, 5.41) is 14.7. The molecule has 0 aliphatic rings. The van der Waals surface area contributed by atoms with E-state index in [1.54, 1.807) is 12.1 Å². The van der Waals surface area contributed by atoms with Gasteiger partial charge in [0.15, 0.2) is 0 Å². The van der Waals surface area contributed by atoms with Gasteiger partial charge >= 0.3 is 0 Å². The first-order valence-corrected chi connectivity index (χ1v) is 6.54. The summed E-state index contributed by atoms with van der Waals surface area (Å²) in [5.41, 5.74) is 0.166. The summed E-state index contributed by atoms with van der Waals surface area (Å²) in [6, 6.07) is 4.73. The van der Waals surface area contributed by atoms with Gasteiger partial charge in [0, 0.05) is 9.61 Å². The molecule has 18 heavy (non-hydrogen) atoms. The van der Waals surface area contributed by atoms with Crippen molar-refractivity contribution in [3.63, 3.8) is 0 Å². The molecule has 0 heterocycles. The summed E-state index contributed by atoms with van der Waals surface area (Å²) in [6.45, 7) is 3.57. The number of nitrogens with one attached hydrogen (secondary N) is 2. The minimum Gasteiger partial charge on any atom is -0.507 e. The van der Waals surface area contributed by atoms with Gasteiger partial charge in [-0.05, 0) is 54.6 Å². The van der Waals surface area contributed by atoms with Crippen LogP contribution in [0, 0.1) is 3.57 Å². The van der Waals surface area contributed by atoms with E-state index in [1.165, 1.54) is 6.07 Å². The lowest BCUT2D eigenvalue weighted by molar-refractivity contribution is -0.120. The smallest absolute Gasteiger partial charge is 0.255 e. The number of carbonyl (C=O) groups is 2. The first-order chi connectivity index (χ1) is 8.40. The standard InChI is InChI=1S/C12H15IN2O3/c1-7(2)15-11(17)6-14-12(18)9-5-8(13)3-4-10(9)16/h3-5,7,16H,6H2,1-2H3,(H,14,18)(H,15,17). The highest BCUT2D eigenvalue weighted by molar-refractivity contribution is 14.1. The Morgan fingerprint density at radius 2 is 2.06 bits per heavy atom. The average molecular weight is 362 g/mol. The van der Waals surface area contributed by atoms with Crippen molar-refractivity contribution in [2.75, 3.05) is 6.54 Å². The number of hydrogen-bond donors (Lipinski definition) is 3. The molecule has 0 fully saturated rings. The van der Waals surface area contributed by atoms with Gasteiger partial charge in [-0.15, -0.1) is 0 Å². The minimum atomic E-state index is -0.468. The molecule has 0 aromatic heterocycles. The van der Waals surface area contributed by atoms with E-state index in [1.807, 2.05) is 36.4 Å². The largest absolute Gasteiger partial charge is 0.507 e. The second kappa shape index (κ2) is 6.58. The predicted molar refractivity (Wildman–Crippen MR) is 76.4 cm³/mol. The monoisotopic (exact) mass is 362 g/mol. The van der Waals surface area contributed by atoms with Crippen molar-refractivity contribution < 1.29 is 14.7 Å². The lowest BCUT2D eigenvalue weighted by atomic mass is 10.2. The quantitative estimate of drug-likeness (QED) is 0.706. The van der Waals surface area contributed by atoms with E-state index in [4.69, 9.17) is 0 Å². The number of phenols is 1. The highest BCUT2D eigenvalue weighted by atomic mass is 127. The highest BCUT2D eigenvalue weighted by Gasteiger charge is 2.12. The number of carbonyl (C=O) groups excluding carboxylic acids is 2. The third-order valence-electron chi connectivity index (χ3n) is 2.06. The second-order valence-corrected chi connectivity index (χ2v) is 5.31. The Morgan fingerprint density at radius 3 is 2.67 bits per heavy atom. The Labute approximate surface area is 119 Å². The normalized spacial score (nSPS) is 10.2. The number of rotatable bonds is 4. The SMILES string of the molecule is CC(C)NC(=O)CNC(=O)c1cc(I)ccc1O. The lowest BCUT2D eigenvalue weighted by Crippen LogP contribution is -2.39. The van der Waals surface area contributed by atoms with Gasteiger partial charge in [0.05, 0.1) is 12.1 Å². The Hall–Kier alpha value is -1.31. The van der Waals surface area contributed by atoms with Crippen LogP contribution in [-0.2, 0) is 4.79 Å². The number of amides is 2. The molecule has 0 bridgehead atoms. The van der Waals surface area contributed by atoms with Crippen LogP contribution in [0.25, 0.3) is 0 Å². The summed E-state index contributed by atoms with van der Waals surface area (Å²) < 4.78 is 0.835. The molecule has 2 amide bonds. The zero-order valence-electron chi connectivity index (χ0n) is 10.2. The molecular weight excluding hydrogens is 347 g/mol. The molecule has 1 rings (SSSR count). The van der Waals surface area contributed by atoms with Gasteiger partial charge in [0.1, 0.15) is 5.75 Å². The van der Waals surface area contributed by atoms with E-state index < -0.39 is 5.91 Å². The van der Waals surface area contributed by atoms with E-state index in [0.29, 0.717) is 0 Å². The number of benzene rings is 1. The van der Waals surface area contributed by atoms with Gasteiger partial charge in [-0.1, -0.05) is 0 Å². The van der Waals surface area contributed by atoms with Crippen LogP contribution < -0.4 is 10.6 Å². The molecule has 6 heteroatoms. The molecule has 0 spiro atoms. The summed E-state index contributed by atoms with van der Waals surface area (Å²) in [5.74, 6) is -0.828. The number of phenolic OH excluding ortho intramolecular Hbond substituents is 1. The topological polar surface area (TPSA) is 78.4 Å². The molecule has 0 atom stereocenters. The molecule has 0 radical (unpaired) electrons. The first-order valence-electron chi connectivity index (χ1n) is 5.46. The lowest BCUT2D eigenvalue weighted by Gasteiger charge is -2.10. The maximum atomic E-state index is 11.8. The van der Waals surface area contributed by atoms with Crippen molar-refractivity contribution in [2.45, 2.75) is 19.9 Å². The second-order valence-electron chi connectivity index (χ2n) is 4.07. The van der Waals surface area contributed by atoms with E-state index >= 15 is 0 Å². The van der Waals surface area contributed by atoms with Crippen molar-refractivity contribution in [1.82, 2.24) is 10.6 Å². The van der Waals surface area contributed by atoms with E-state index in [2.05, 4.69) is 10.6 Å². The fraction of sp³-hybridized carbons (Fsp3) is 0.333. The molecular formula is C12H15IN2O3. The molecule has 0 unspecified atom stereocenters. The number of halogens is 1. The third kappa shape index (κ3) is 4.52. The van der Waals surface area contributed by atoms with Gasteiger partial charge < -0.3 is 15.7 Å². The van der Waals surface area contributed by atoms with Crippen LogP contribution in [0.2, 0.25) is 0 Å². The maximum absolute atomic E-state index is 11.8. The maximum Gasteiger partial charge on any atom is 0.255 e. The zero-order chi connectivity index (χ0) is 13.7. The molecule has 0 aliphatic carbocycles. The summed E-state index contributed by atoms with van der Waals surface area (Å²) in [4.78, 5) is 23.1. The van der Waals surface area contributed by atoms with E-state index in [0.717, 1.165) is 3.57 Å². The van der Waals surface area contributed by atoms with Crippen LogP contribution in [-0.4, -0.2) is 29.5 Å². The Kier molecular flexibility index (Phi) is 5.39. The molecule has 5 nitrogen and oxygen atoms in total. The van der Waals surface area contributed by atoms with Gasteiger partial charge in [0.25, 0.3) is 5.91 Å². The van der Waals surface area contributed by atoms with Gasteiger partial charge in [-0.25, -0.2) is 0 Å².